The van der Waals surface area contributed by atoms with Crippen LogP contribution in [0.4, 0.5) is 4.79 Å². The molecule has 0 heterocycles. The third-order valence-corrected chi connectivity index (χ3v) is 3.75. The Bertz CT molecular complexity index is 382. The molecule has 0 bridgehead atoms. The lowest BCUT2D eigenvalue weighted by Gasteiger charge is -2.21. The van der Waals surface area contributed by atoms with Crippen molar-refractivity contribution in [2.75, 3.05) is 20.3 Å². The molecule has 0 spiro atoms. The Hall–Kier alpha value is -1.02. The summed E-state index contributed by atoms with van der Waals surface area (Å²) < 4.78 is 15.4. The van der Waals surface area contributed by atoms with Crippen molar-refractivity contribution < 1.29 is 23.8 Å². The van der Waals surface area contributed by atoms with Gasteiger partial charge < -0.3 is 19.5 Å². The molecule has 0 aliphatic rings. The normalized spacial score (nSPS) is 12.2. The van der Waals surface area contributed by atoms with Gasteiger partial charge >= 0.3 is 12.1 Å². The molecule has 0 saturated heterocycles. The van der Waals surface area contributed by atoms with Crippen molar-refractivity contribution in [2.24, 2.45) is 0 Å². The first-order valence-corrected chi connectivity index (χ1v) is 8.33. The van der Waals surface area contributed by atoms with Crippen LogP contribution in [0.1, 0.15) is 40.5 Å². The van der Waals surface area contributed by atoms with E-state index in [1.807, 2.05) is 6.92 Å². The van der Waals surface area contributed by atoms with Crippen LogP contribution in [0, 0.1) is 0 Å². The fraction of sp³-hybridized carbons (Fsp3) is 0.786. The molecule has 0 aliphatic carbocycles. The third-order valence-electron chi connectivity index (χ3n) is 2.30. The largest absolute Gasteiger partial charge is 0.479 e. The minimum atomic E-state index is -0.556. The van der Waals surface area contributed by atoms with Gasteiger partial charge in [0.2, 0.25) is 4.38 Å². The van der Waals surface area contributed by atoms with E-state index in [0.29, 0.717) is 24.0 Å². The van der Waals surface area contributed by atoms with Crippen molar-refractivity contribution in [1.29, 1.82) is 0 Å². The number of amides is 1. The maximum atomic E-state index is 11.7. The predicted molar refractivity (Wildman–Crippen MR) is 91.1 cm³/mol. The van der Waals surface area contributed by atoms with Crippen LogP contribution in [0.5, 0.6) is 0 Å². The van der Waals surface area contributed by atoms with Gasteiger partial charge in [-0.25, -0.2) is 4.79 Å². The number of carbonyl (C=O) groups excluding carboxylic acids is 2. The van der Waals surface area contributed by atoms with E-state index in [0.717, 1.165) is 0 Å². The molecule has 1 amide bonds. The number of hydrogen-bond acceptors (Lipinski definition) is 7. The van der Waals surface area contributed by atoms with Gasteiger partial charge in [0.05, 0.1) is 13.7 Å². The fourth-order valence-electron chi connectivity index (χ4n) is 1.38. The summed E-state index contributed by atoms with van der Waals surface area (Å²) in [5.41, 5.74) is -0.556. The Morgan fingerprint density at radius 3 is 2.45 bits per heavy atom. The van der Waals surface area contributed by atoms with Crippen molar-refractivity contribution in [1.82, 2.24) is 5.32 Å². The average Bonchev–Trinajstić information content (AvgIpc) is 2.39. The minimum absolute atomic E-state index is 0.0920. The number of methoxy groups -OCH3 is 1. The van der Waals surface area contributed by atoms with E-state index in [9.17, 15) is 9.59 Å². The van der Waals surface area contributed by atoms with Crippen LogP contribution in [-0.4, -0.2) is 47.6 Å². The second kappa shape index (κ2) is 10.7. The smallest absolute Gasteiger partial charge is 0.407 e. The highest BCUT2D eigenvalue weighted by Gasteiger charge is 2.19. The molecular weight excluding hydrogens is 326 g/mol. The highest BCUT2D eigenvalue weighted by Crippen LogP contribution is 2.19. The molecule has 0 saturated carbocycles. The van der Waals surface area contributed by atoms with Crippen LogP contribution in [0.25, 0.3) is 0 Å². The minimum Gasteiger partial charge on any atom is -0.479 e. The molecular formula is C14H25NO5S2. The van der Waals surface area contributed by atoms with E-state index in [1.54, 1.807) is 20.8 Å². The number of esters is 1. The van der Waals surface area contributed by atoms with Gasteiger partial charge in [-0.1, -0.05) is 11.8 Å². The zero-order valence-corrected chi connectivity index (χ0v) is 15.4. The average molecular weight is 351 g/mol. The SMILES string of the molecule is CCOC(=S)SC(CCC(=O)OC)CNC(=O)OC(C)(C)C. The molecule has 0 aromatic heterocycles. The quantitative estimate of drug-likeness (QED) is 0.558. The highest BCUT2D eigenvalue weighted by atomic mass is 32.2. The van der Waals surface area contributed by atoms with Crippen LogP contribution in [0.3, 0.4) is 0 Å². The molecule has 0 fully saturated rings. The zero-order valence-electron chi connectivity index (χ0n) is 13.8. The molecule has 0 rings (SSSR count). The molecule has 8 heteroatoms. The topological polar surface area (TPSA) is 73.9 Å². The fourth-order valence-corrected chi connectivity index (χ4v) is 2.77. The number of rotatable bonds is 7. The number of thiocarbonyl (C=S) groups is 1. The van der Waals surface area contributed by atoms with Crippen LogP contribution in [0.15, 0.2) is 0 Å². The predicted octanol–water partition coefficient (Wildman–Crippen LogP) is 2.89. The van der Waals surface area contributed by atoms with Crippen LogP contribution < -0.4 is 5.32 Å². The second-order valence-corrected chi connectivity index (χ2v) is 7.32. The molecule has 128 valence electrons. The lowest BCUT2D eigenvalue weighted by atomic mass is 10.2. The molecule has 0 radical (unpaired) electrons. The molecule has 6 nitrogen and oxygen atoms in total. The number of carbonyl (C=O) groups is 2. The van der Waals surface area contributed by atoms with Crippen LogP contribution in [-0.2, 0) is 19.0 Å². The number of hydrogen-bond donors (Lipinski definition) is 1. The molecule has 0 aliphatic heterocycles. The Morgan fingerprint density at radius 2 is 1.95 bits per heavy atom. The molecule has 22 heavy (non-hydrogen) atoms. The molecule has 1 atom stereocenters. The zero-order chi connectivity index (χ0) is 17.2. The van der Waals surface area contributed by atoms with Crippen LogP contribution in [0.2, 0.25) is 0 Å². The maximum Gasteiger partial charge on any atom is 0.407 e. The monoisotopic (exact) mass is 351 g/mol. The second-order valence-electron chi connectivity index (χ2n) is 5.42. The van der Waals surface area contributed by atoms with E-state index < -0.39 is 11.7 Å². The van der Waals surface area contributed by atoms with Crippen molar-refractivity contribution in [2.45, 2.75) is 51.4 Å². The van der Waals surface area contributed by atoms with E-state index in [2.05, 4.69) is 10.1 Å². The van der Waals surface area contributed by atoms with Gasteiger partial charge in [-0.15, -0.1) is 0 Å². The van der Waals surface area contributed by atoms with Crippen molar-refractivity contribution in [3.8, 4) is 0 Å². The highest BCUT2D eigenvalue weighted by molar-refractivity contribution is 8.23. The lowest BCUT2D eigenvalue weighted by Crippen LogP contribution is -2.36. The number of alkyl carbamates (subject to hydrolysis) is 1. The third kappa shape index (κ3) is 11.6. The summed E-state index contributed by atoms with van der Waals surface area (Å²) in [4.78, 5) is 22.9. The Morgan fingerprint density at radius 1 is 1.32 bits per heavy atom. The van der Waals surface area contributed by atoms with Gasteiger partial charge in [0.1, 0.15) is 5.60 Å². The Balaban J connectivity index is 4.41. The Labute approximate surface area is 141 Å². The first-order valence-electron chi connectivity index (χ1n) is 7.05. The lowest BCUT2D eigenvalue weighted by molar-refractivity contribution is -0.140. The van der Waals surface area contributed by atoms with E-state index in [-0.39, 0.29) is 17.6 Å². The van der Waals surface area contributed by atoms with Gasteiger partial charge in [0.25, 0.3) is 0 Å². The van der Waals surface area contributed by atoms with Gasteiger partial charge in [-0.05, 0) is 46.3 Å². The summed E-state index contributed by atoms with van der Waals surface area (Å²) in [5, 5.41) is 2.59. The summed E-state index contributed by atoms with van der Waals surface area (Å²) in [6.45, 7) is 8.02. The number of nitrogens with one attached hydrogen (secondary N) is 1. The van der Waals surface area contributed by atoms with E-state index in [4.69, 9.17) is 21.7 Å². The van der Waals surface area contributed by atoms with Crippen molar-refractivity contribution in [3.63, 3.8) is 0 Å². The number of thioether (sulfide) groups is 1. The summed E-state index contributed by atoms with van der Waals surface area (Å²) in [7, 11) is 1.34. The molecule has 1 unspecified atom stereocenters. The molecule has 0 aromatic rings. The number of ether oxygens (including phenoxy) is 3. The van der Waals surface area contributed by atoms with Crippen molar-refractivity contribution in [3.05, 3.63) is 0 Å². The maximum absolute atomic E-state index is 11.7. The van der Waals surface area contributed by atoms with Crippen molar-refractivity contribution >= 4 is 40.4 Å². The summed E-state index contributed by atoms with van der Waals surface area (Å²) in [6, 6.07) is 0. The van der Waals surface area contributed by atoms with E-state index in [1.165, 1.54) is 18.9 Å². The van der Waals surface area contributed by atoms with Crippen LogP contribution >= 0.6 is 24.0 Å². The van der Waals surface area contributed by atoms with Gasteiger partial charge in [0.15, 0.2) is 0 Å². The summed E-state index contributed by atoms with van der Waals surface area (Å²) in [5.74, 6) is -0.301. The van der Waals surface area contributed by atoms with Gasteiger partial charge in [-0.2, -0.15) is 0 Å². The molecule has 0 aromatic carbocycles. The summed E-state index contributed by atoms with van der Waals surface area (Å²) in [6.07, 6.45) is 0.262. The first kappa shape index (κ1) is 21.0. The standard InChI is InChI=1S/C14H25NO5S2/c1-6-19-13(21)22-10(7-8-11(16)18-5)9-15-12(17)20-14(2,3)4/h10H,6-9H2,1-5H3,(H,15,17). The summed E-state index contributed by atoms with van der Waals surface area (Å²) >= 11 is 6.40. The molecule has 1 N–H and O–H groups in total. The van der Waals surface area contributed by atoms with Gasteiger partial charge in [0, 0.05) is 18.2 Å². The Kier molecular flexibility index (Phi) is 10.2. The first-order chi connectivity index (χ1) is 10.2. The van der Waals surface area contributed by atoms with Gasteiger partial charge in [-0.3, -0.25) is 4.79 Å². The van der Waals surface area contributed by atoms with E-state index >= 15 is 0 Å².